The lowest BCUT2D eigenvalue weighted by Gasteiger charge is -2.63. The molecule has 7 atom stereocenters. The molecule has 2 aliphatic carbocycles. The molecule has 0 spiro atoms. The first-order valence-electron chi connectivity index (χ1n) is 10.2. The van der Waals surface area contributed by atoms with E-state index in [0.29, 0.717) is 6.42 Å². The zero-order valence-corrected chi connectivity index (χ0v) is 17.1. The summed E-state index contributed by atoms with van der Waals surface area (Å²) in [5, 5.41) is 0. The number of furan rings is 1. The van der Waals surface area contributed by atoms with Gasteiger partial charge in [-0.05, 0) is 43.1 Å². The van der Waals surface area contributed by atoms with Gasteiger partial charge in [-0.2, -0.15) is 0 Å². The summed E-state index contributed by atoms with van der Waals surface area (Å²) in [5.74, 6) is -0.603. The van der Waals surface area contributed by atoms with Gasteiger partial charge >= 0.3 is 11.9 Å². The molecule has 0 N–H and O–H groups in total. The monoisotopic (exact) mass is 390 g/mol. The average molecular weight is 390 g/mol. The Hall–Kier alpha value is -1.82. The van der Waals surface area contributed by atoms with Crippen molar-refractivity contribution in [1.29, 1.82) is 0 Å². The van der Waals surface area contributed by atoms with Gasteiger partial charge in [0, 0.05) is 18.1 Å². The number of hydrogen-bond acceptors (Lipinski definition) is 6. The summed E-state index contributed by atoms with van der Waals surface area (Å²) in [6.45, 7) is 4.38. The van der Waals surface area contributed by atoms with Gasteiger partial charge in [0.25, 0.3) is 0 Å². The Bertz CT molecular complexity index is 742. The number of esters is 2. The predicted octanol–water partition coefficient (Wildman–Crippen LogP) is 3.90. The highest BCUT2D eigenvalue weighted by molar-refractivity contribution is 5.76. The van der Waals surface area contributed by atoms with Crippen molar-refractivity contribution in [3.8, 4) is 0 Å². The second-order valence-corrected chi connectivity index (χ2v) is 9.13. The minimum atomic E-state index is -0.371. The molecule has 1 aromatic rings. The summed E-state index contributed by atoms with van der Waals surface area (Å²) in [5.41, 5.74) is 0.251. The van der Waals surface area contributed by atoms with E-state index in [-0.39, 0.29) is 52.7 Å². The van der Waals surface area contributed by atoms with Crippen LogP contribution in [-0.4, -0.2) is 32.3 Å². The van der Waals surface area contributed by atoms with Crippen molar-refractivity contribution < 1.29 is 28.2 Å². The third-order valence-electron chi connectivity index (χ3n) is 8.08. The fraction of sp³-hybridized carbons (Fsp3) is 0.727. The molecule has 3 fully saturated rings. The van der Waals surface area contributed by atoms with Gasteiger partial charge in [-0.1, -0.05) is 20.3 Å². The van der Waals surface area contributed by atoms with Crippen molar-refractivity contribution in [2.45, 2.75) is 58.2 Å². The Morgan fingerprint density at radius 2 is 2.04 bits per heavy atom. The van der Waals surface area contributed by atoms with Gasteiger partial charge in [-0.3, -0.25) is 9.59 Å². The van der Waals surface area contributed by atoms with Crippen molar-refractivity contribution in [1.82, 2.24) is 0 Å². The highest BCUT2D eigenvalue weighted by Crippen LogP contribution is 2.66. The molecule has 2 saturated carbocycles. The highest BCUT2D eigenvalue weighted by Gasteiger charge is 2.66. The number of carbonyl (C=O) groups excluding carboxylic acids is 2. The molecule has 0 aromatic carbocycles. The Labute approximate surface area is 165 Å². The van der Waals surface area contributed by atoms with E-state index in [9.17, 15) is 9.59 Å². The van der Waals surface area contributed by atoms with Crippen LogP contribution in [-0.2, 0) is 23.8 Å². The van der Waals surface area contributed by atoms with E-state index >= 15 is 0 Å². The molecule has 4 unspecified atom stereocenters. The molecule has 1 aliphatic heterocycles. The molecule has 28 heavy (non-hydrogen) atoms. The summed E-state index contributed by atoms with van der Waals surface area (Å²) < 4.78 is 22.1. The first-order chi connectivity index (χ1) is 13.4. The summed E-state index contributed by atoms with van der Waals surface area (Å²) in [7, 11) is 3.14. The molecule has 1 aromatic heterocycles. The van der Waals surface area contributed by atoms with Gasteiger partial charge in [-0.15, -0.1) is 0 Å². The summed E-state index contributed by atoms with van der Waals surface area (Å²) in [4.78, 5) is 25.7. The zero-order valence-electron chi connectivity index (χ0n) is 17.1. The fourth-order valence-corrected chi connectivity index (χ4v) is 6.68. The molecule has 2 heterocycles. The minimum Gasteiger partial charge on any atom is -0.472 e. The van der Waals surface area contributed by atoms with E-state index in [4.69, 9.17) is 18.6 Å². The maximum absolute atomic E-state index is 13.1. The molecule has 6 nitrogen and oxygen atoms in total. The van der Waals surface area contributed by atoms with E-state index in [1.807, 2.05) is 6.07 Å². The fourth-order valence-electron chi connectivity index (χ4n) is 6.68. The molecule has 6 heteroatoms. The van der Waals surface area contributed by atoms with E-state index in [2.05, 4.69) is 13.8 Å². The van der Waals surface area contributed by atoms with Gasteiger partial charge in [0.1, 0.15) is 6.10 Å². The molecular formula is C22H30O6. The Balaban J connectivity index is 1.76. The molecule has 3 aliphatic rings. The SMILES string of the molecule is COC(=O)C1CCC[C@@H]2[C@@]1(C)C(OC)CC1C(=O)OC(c3ccoc3)C[C@]12C. The topological polar surface area (TPSA) is 75.0 Å². The van der Waals surface area contributed by atoms with Crippen molar-refractivity contribution in [2.24, 2.45) is 28.6 Å². The second-order valence-electron chi connectivity index (χ2n) is 9.13. The number of fused-ring (bicyclic) bond motifs is 3. The molecular weight excluding hydrogens is 360 g/mol. The standard InChI is InChI=1S/C22H30O6/c1-21-11-16(13-8-9-27-12-13)28-20(24)15(21)10-18(25-3)22(2)14(19(23)26-4)6-5-7-17(21)22/h8-9,12,14-18H,5-7,10-11H2,1-4H3/t14?,15?,16?,17-,18?,21+,22-/m0/s1. The third kappa shape index (κ3) is 2.64. The Morgan fingerprint density at radius 1 is 1.25 bits per heavy atom. The van der Waals surface area contributed by atoms with Crippen LogP contribution >= 0.6 is 0 Å². The quantitative estimate of drug-likeness (QED) is 0.729. The smallest absolute Gasteiger partial charge is 0.310 e. The van der Waals surface area contributed by atoms with Crippen LogP contribution in [0.1, 0.15) is 57.6 Å². The number of cyclic esters (lactones) is 1. The van der Waals surface area contributed by atoms with Crippen LogP contribution in [0.5, 0.6) is 0 Å². The van der Waals surface area contributed by atoms with Crippen LogP contribution < -0.4 is 0 Å². The van der Waals surface area contributed by atoms with Crippen LogP contribution in [0.15, 0.2) is 23.0 Å². The van der Waals surface area contributed by atoms with Crippen LogP contribution in [0.3, 0.4) is 0 Å². The number of methoxy groups -OCH3 is 2. The average Bonchev–Trinajstić information content (AvgIpc) is 3.21. The lowest BCUT2D eigenvalue weighted by Crippen LogP contribution is -2.64. The summed E-state index contributed by atoms with van der Waals surface area (Å²) in [6.07, 6.45) is 6.80. The molecule has 1 saturated heterocycles. The van der Waals surface area contributed by atoms with Gasteiger partial charge in [0.2, 0.25) is 0 Å². The maximum Gasteiger partial charge on any atom is 0.310 e. The molecule has 0 radical (unpaired) electrons. The third-order valence-corrected chi connectivity index (χ3v) is 8.08. The lowest BCUT2D eigenvalue weighted by atomic mass is 9.42. The minimum absolute atomic E-state index is 0.163. The van der Waals surface area contributed by atoms with E-state index in [1.54, 1.807) is 19.6 Å². The molecule has 154 valence electrons. The summed E-state index contributed by atoms with van der Waals surface area (Å²) in [6, 6.07) is 1.86. The first kappa shape index (κ1) is 19.5. The molecule has 0 amide bonds. The zero-order chi connectivity index (χ0) is 20.1. The van der Waals surface area contributed by atoms with Gasteiger partial charge in [0.15, 0.2) is 0 Å². The largest absolute Gasteiger partial charge is 0.472 e. The number of hydrogen-bond donors (Lipinski definition) is 0. The highest BCUT2D eigenvalue weighted by atomic mass is 16.5. The van der Waals surface area contributed by atoms with Gasteiger partial charge in [-0.25, -0.2) is 0 Å². The Morgan fingerprint density at radius 3 is 2.68 bits per heavy atom. The van der Waals surface area contributed by atoms with Crippen molar-refractivity contribution >= 4 is 11.9 Å². The van der Waals surface area contributed by atoms with Crippen molar-refractivity contribution in [3.63, 3.8) is 0 Å². The number of rotatable bonds is 3. The second kappa shape index (κ2) is 6.90. The van der Waals surface area contributed by atoms with E-state index < -0.39 is 0 Å². The van der Waals surface area contributed by atoms with Crippen LogP contribution in [0.4, 0.5) is 0 Å². The van der Waals surface area contributed by atoms with Crippen LogP contribution in [0.25, 0.3) is 0 Å². The Kier molecular flexibility index (Phi) is 4.81. The van der Waals surface area contributed by atoms with Gasteiger partial charge < -0.3 is 18.6 Å². The lowest BCUT2D eigenvalue weighted by molar-refractivity contribution is -0.231. The van der Waals surface area contributed by atoms with E-state index in [0.717, 1.165) is 31.2 Å². The van der Waals surface area contributed by atoms with E-state index in [1.165, 1.54) is 7.11 Å². The number of ether oxygens (including phenoxy) is 3. The van der Waals surface area contributed by atoms with Crippen molar-refractivity contribution in [3.05, 3.63) is 24.2 Å². The summed E-state index contributed by atoms with van der Waals surface area (Å²) >= 11 is 0. The van der Waals surface area contributed by atoms with Gasteiger partial charge in [0.05, 0.1) is 37.6 Å². The maximum atomic E-state index is 13.1. The molecule has 4 rings (SSSR count). The first-order valence-corrected chi connectivity index (χ1v) is 10.2. The normalized spacial score (nSPS) is 42.9. The number of carbonyl (C=O) groups is 2. The molecule has 0 bridgehead atoms. The predicted molar refractivity (Wildman–Crippen MR) is 100 cm³/mol. The van der Waals surface area contributed by atoms with Crippen LogP contribution in [0, 0.1) is 28.6 Å². The van der Waals surface area contributed by atoms with Crippen LogP contribution in [0.2, 0.25) is 0 Å². The van der Waals surface area contributed by atoms with Crippen molar-refractivity contribution in [2.75, 3.05) is 14.2 Å².